The van der Waals surface area contributed by atoms with Gasteiger partial charge in [-0.3, -0.25) is 0 Å². The minimum atomic E-state index is 0.546. The summed E-state index contributed by atoms with van der Waals surface area (Å²) in [6.45, 7) is 2.40. The molecule has 0 heterocycles. The van der Waals surface area contributed by atoms with E-state index < -0.39 is 0 Å². The summed E-state index contributed by atoms with van der Waals surface area (Å²) in [6, 6.07) is 1.17. The molecule has 0 aromatic carbocycles. The van der Waals surface area contributed by atoms with E-state index in [2.05, 4.69) is 17.6 Å². The highest BCUT2D eigenvalue weighted by Crippen LogP contribution is 2.61. The lowest BCUT2D eigenvalue weighted by molar-refractivity contribution is -0.0672. The molecule has 0 aliphatic heterocycles. The van der Waals surface area contributed by atoms with Crippen LogP contribution in [0.5, 0.6) is 0 Å². The standard InChI is InChI=1S/C19H32N2S/c1-13(20-18(22)21-17-5-3-2-4-6-17)19-10-14-7-15(11-19)9-16(8-14)12-19/h13-17H,2-12H2,1H3,(H2,20,21,22)/t13-,14?,15?,16?,19?/m1/s1. The Labute approximate surface area is 141 Å². The van der Waals surface area contributed by atoms with Gasteiger partial charge in [0, 0.05) is 12.1 Å². The highest BCUT2D eigenvalue weighted by atomic mass is 32.1. The van der Waals surface area contributed by atoms with Crippen molar-refractivity contribution in [3.63, 3.8) is 0 Å². The van der Waals surface area contributed by atoms with Crippen molar-refractivity contribution in [1.29, 1.82) is 0 Å². The van der Waals surface area contributed by atoms with Gasteiger partial charge in [-0.05, 0) is 93.7 Å². The molecule has 0 radical (unpaired) electrons. The summed E-state index contributed by atoms with van der Waals surface area (Å²) >= 11 is 5.64. The molecule has 0 spiro atoms. The summed E-state index contributed by atoms with van der Waals surface area (Å²) < 4.78 is 0. The first-order valence-corrected chi connectivity index (χ1v) is 10.1. The molecule has 0 aromatic rings. The minimum absolute atomic E-state index is 0.546. The Kier molecular flexibility index (Phi) is 4.13. The zero-order chi connectivity index (χ0) is 15.2. The predicted molar refractivity (Wildman–Crippen MR) is 95.8 cm³/mol. The minimum Gasteiger partial charge on any atom is -0.360 e. The summed E-state index contributed by atoms with van der Waals surface area (Å²) in [4.78, 5) is 0. The van der Waals surface area contributed by atoms with Crippen molar-refractivity contribution in [2.75, 3.05) is 0 Å². The molecule has 0 amide bonds. The Morgan fingerprint density at radius 1 is 0.955 bits per heavy atom. The lowest BCUT2D eigenvalue weighted by Gasteiger charge is -2.59. The zero-order valence-electron chi connectivity index (χ0n) is 14.1. The molecule has 5 aliphatic rings. The van der Waals surface area contributed by atoms with Crippen molar-refractivity contribution in [3.05, 3.63) is 0 Å². The molecule has 3 heteroatoms. The third-order valence-corrected chi connectivity index (χ3v) is 7.53. The Balaban J connectivity index is 1.35. The smallest absolute Gasteiger partial charge is 0.166 e. The molecular formula is C19H32N2S. The van der Waals surface area contributed by atoms with Gasteiger partial charge in [-0.1, -0.05) is 19.3 Å². The molecule has 0 aromatic heterocycles. The largest absolute Gasteiger partial charge is 0.360 e. The number of hydrogen-bond donors (Lipinski definition) is 2. The molecule has 2 N–H and O–H groups in total. The van der Waals surface area contributed by atoms with E-state index in [-0.39, 0.29) is 0 Å². The Morgan fingerprint density at radius 2 is 1.50 bits per heavy atom. The van der Waals surface area contributed by atoms with E-state index in [4.69, 9.17) is 12.2 Å². The van der Waals surface area contributed by atoms with Crippen LogP contribution >= 0.6 is 12.2 Å². The van der Waals surface area contributed by atoms with Gasteiger partial charge in [0.05, 0.1) is 0 Å². The maximum atomic E-state index is 5.64. The molecule has 22 heavy (non-hydrogen) atoms. The number of thiocarbonyl (C=S) groups is 1. The highest BCUT2D eigenvalue weighted by Gasteiger charge is 2.53. The number of rotatable bonds is 3. The molecule has 0 saturated heterocycles. The van der Waals surface area contributed by atoms with Crippen LogP contribution in [-0.4, -0.2) is 17.2 Å². The average Bonchev–Trinajstić information content (AvgIpc) is 2.46. The first kappa shape index (κ1) is 15.2. The lowest BCUT2D eigenvalue weighted by atomic mass is 9.48. The summed E-state index contributed by atoms with van der Waals surface area (Å²) in [5, 5.41) is 8.23. The van der Waals surface area contributed by atoms with Crippen molar-refractivity contribution in [3.8, 4) is 0 Å². The fourth-order valence-corrected chi connectivity index (χ4v) is 6.88. The van der Waals surface area contributed by atoms with Crippen LogP contribution in [0.3, 0.4) is 0 Å². The molecule has 124 valence electrons. The van der Waals surface area contributed by atoms with Gasteiger partial charge in [0.1, 0.15) is 0 Å². The monoisotopic (exact) mass is 320 g/mol. The molecule has 5 aliphatic carbocycles. The Bertz CT molecular complexity index is 392. The predicted octanol–water partition coefficient (Wildman–Crippen LogP) is 4.39. The van der Waals surface area contributed by atoms with Gasteiger partial charge in [-0.2, -0.15) is 0 Å². The van der Waals surface area contributed by atoms with Crippen LogP contribution in [-0.2, 0) is 0 Å². The third-order valence-electron chi connectivity index (χ3n) is 7.29. The molecule has 5 fully saturated rings. The second-order valence-electron chi connectivity index (χ2n) is 8.95. The van der Waals surface area contributed by atoms with E-state index in [1.54, 1.807) is 0 Å². The molecule has 5 saturated carbocycles. The number of hydrogen-bond acceptors (Lipinski definition) is 1. The van der Waals surface area contributed by atoms with Crippen LogP contribution < -0.4 is 10.6 Å². The van der Waals surface area contributed by atoms with Crippen molar-refractivity contribution in [1.82, 2.24) is 10.6 Å². The Morgan fingerprint density at radius 3 is 2.05 bits per heavy atom. The van der Waals surface area contributed by atoms with Gasteiger partial charge in [-0.25, -0.2) is 0 Å². The van der Waals surface area contributed by atoms with E-state index in [0.717, 1.165) is 22.9 Å². The van der Waals surface area contributed by atoms with Gasteiger partial charge >= 0.3 is 0 Å². The van der Waals surface area contributed by atoms with Crippen molar-refractivity contribution >= 4 is 17.3 Å². The van der Waals surface area contributed by atoms with Gasteiger partial charge in [0.25, 0.3) is 0 Å². The van der Waals surface area contributed by atoms with E-state index in [1.165, 1.54) is 70.6 Å². The van der Waals surface area contributed by atoms with Crippen LogP contribution in [0.25, 0.3) is 0 Å². The zero-order valence-corrected chi connectivity index (χ0v) is 14.9. The molecule has 4 bridgehead atoms. The average molecular weight is 321 g/mol. The topological polar surface area (TPSA) is 24.1 Å². The first-order valence-electron chi connectivity index (χ1n) is 9.70. The van der Waals surface area contributed by atoms with Gasteiger partial charge in [0.2, 0.25) is 0 Å². The van der Waals surface area contributed by atoms with Crippen LogP contribution in [0.2, 0.25) is 0 Å². The molecule has 1 atom stereocenters. The van der Waals surface area contributed by atoms with Gasteiger partial charge in [-0.15, -0.1) is 0 Å². The van der Waals surface area contributed by atoms with Crippen LogP contribution in [0, 0.1) is 23.2 Å². The highest BCUT2D eigenvalue weighted by molar-refractivity contribution is 7.80. The normalized spacial score (nSPS) is 42.1. The van der Waals surface area contributed by atoms with Crippen LogP contribution in [0.1, 0.15) is 77.6 Å². The second-order valence-corrected chi connectivity index (χ2v) is 9.36. The fraction of sp³-hybridized carbons (Fsp3) is 0.947. The summed E-state index contributed by atoms with van der Waals surface area (Å²) in [5.74, 6) is 3.07. The maximum absolute atomic E-state index is 5.64. The first-order chi connectivity index (χ1) is 10.6. The molecular weight excluding hydrogens is 288 g/mol. The lowest BCUT2D eigenvalue weighted by Crippen LogP contribution is -2.57. The van der Waals surface area contributed by atoms with E-state index in [1.807, 2.05) is 0 Å². The van der Waals surface area contributed by atoms with Crippen molar-refractivity contribution in [2.24, 2.45) is 23.2 Å². The third kappa shape index (κ3) is 2.90. The summed E-state index contributed by atoms with van der Waals surface area (Å²) in [5.41, 5.74) is 0.549. The van der Waals surface area contributed by atoms with E-state index >= 15 is 0 Å². The van der Waals surface area contributed by atoms with Crippen LogP contribution in [0.15, 0.2) is 0 Å². The summed E-state index contributed by atoms with van der Waals surface area (Å²) in [6.07, 6.45) is 15.7. The SMILES string of the molecule is C[C@@H](NC(=S)NC1CCCCC1)C12CC3CC(CC(C3)C1)C2. The quantitative estimate of drug-likeness (QED) is 0.754. The van der Waals surface area contributed by atoms with Crippen molar-refractivity contribution < 1.29 is 0 Å². The molecule has 2 nitrogen and oxygen atoms in total. The number of nitrogens with one attached hydrogen (secondary N) is 2. The summed E-state index contributed by atoms with van der Waals surface area (Å²) in [7, 11) is 0. The maximum Gasteiger partial charge on any atom is 0.166 e. The molecule has 0 unspecified atom stereocenters. The fourth-order valence-electron chi connectivity index (χ4n) is 6.53. The van der Waals surface area contributed by atoms with Crippen LogP contribution in [0.4, 0.5) is 0 Å². The Hall–Kier alpha value is -0.310. The van der Waals surface area contributed by atoms with Gasteiger partial charge in [0.15, 0.2) is 5.11 Å². The van der Waals surface area contributed by atoms with Gasteiger partial charge < -0.3 is 10.6 Å². The second kappa shape index (κ2) is 5.96. The van der Waals surface area contributed by atoms with Crippen molar-refractivity contribution in [2.45, 2.75) is 89.6 Å². The molecule has 5 rings (SSSR count). The van der Waals surface area contributed by atoms with E-state index in [9.17, 15) is 0 Å². The van der Waals surface area contributed by atoms with E-state index in [0.29, 0.717) is 17.5 Å².